The van der Waals surface area contributed by atoms with Crippen molar-refractivity contribution >= 4 is 45.3 Å². The molecule has 1 atom stereocenters. The number of hydrogen-bond donors (Lipinski definition) is 1. The van der Waals surface area contributed by atoms with E-state index in [-0.39, 0.29) is 25.0 Å². The number of halogens is 2. The number of ether oxygens (including phenoxy) is 3. The number of carbonyl (C=O) groups excluding carboxylic acids is 1. The van der Waals surface area contributed by atoms with Gasteiger partial charge in [-0.15, -0.1) is 11.8 Å². The van der Waals surface area contributed by atoms with Crippen molar-refractivity contribution < 1.29 is 24.1 Å². The third-order valence-electron chi connectivity index (χ3n) is 3.53. The molecular weight excluding hydrogens is 460 g/mol. The largest absolute Gasteiger partial charge is 0.477 e. The fourth-order valence-corrected chi connectivity index (χ4v) is 4.18. The Morgan fingerprint density at radius 3 is 2.59 bits per heavy atom. The summed E-state index contributed by atoms with van der Waals surface area (Å²) in [4.78, 5) is 20.8. The Balaban J connectivity index is 2.53. The SMILES string of the molecule is COc1ncc(C(CO)(COC(C)=O)Sc2ccc(Cl)cc2Br)nc1OC. The summed E-state index contributed by atoms with van der Waals surface area (Å²) in [6, 6.07) is 5.25. The lowest BCUT2D eigenvalue weighted by Crippen LogP contribution is -2.34. The van der Waals surface area contributed by atoms with Crippen LogP contribution in [-0.2, 0) is 14.3 Å². The molecule has 0 aliphatic carbocycles. The minimum atomic E-state index is -1.12. The van der Waals surface area contributed by atoms with Crippen LogP contribution in [0.2, 0.25) is 5.02 Å². The quantitative estimate of drug-likeness (QED) is 0.457. The average Bonchev–Trinajstić information content (AvgIpc) is 2.66. The molecule has 0 saturated heterocycles. The number of benzene rings is 1. The monoisotopic (exact) mass is 476 g/mol. The summed E-state index contributed by atoms with van der Waals surface area (Å²) in [5.74, 6) is -0.110. The van der Waals surface area contributed by atoms with Crippen molar-refractivity contribution in [1.29, 1.82) is 0 Å². The van der Waals surface area contributed by atoms with E-state index in [1.807, 2.05) is 0 Å². The summed E-state index contributed by atoms with van der Waals surface area (Å²) in [6.07, 6.45) is 1.46. The van der Waals surface area contributed by atoms with Crippen LogP contribution in [0.25, 0.3) is 0 Å². The molecule has 0 amide bonds. The van der Waals surface area contributed by atoms with Gasteiger partial charge in [-0.3, -0.25) is 4.79 Å². The second kappa shape index (κ2) is 9.59. The van der Waals surface area contributed by atoms with Crippen LogP contribution in [0.1, 0.15) is 12.6 Å². The van der Waals surface area contributed by atoms with Crippen molar-refractivity contribution in [2.75, 3.05) is 27.4 Å². The van der Waals surface area contributed by atoms with Gasteiger partial charge in [0, 0.05) is 21.3 Å². The molecule has 2 rings (SSSR count). The van der Waals surface area contributed by atoms with Crippen molar-refractivity contribution in [3.05, 3.63) is 39.6 Å². The number of methoxy groups -OCH3 is 2. The molecule has 0 bridgehead atoms. The molecule has 0 fully saturated rings. The van der Waals surface area contributed by atoms with E-state index in [0.717, 1.165) is 9.37 Å². The Bertz CT molecular complexity index is 826. The molecule has 10 heteroatoms. The van der Waals surface area contributed by atoms with Crippen molar-refractivity contribution in [2.24, 2.45) is 0 Å². The molecule has 7 nitrogen and oxygen atoms in total. The average molecular weight is 478 g/mol. The summed E-state index contributed by atoms with van der Waals surface area (Å²) in [6.45, 7) is 0.804. The highest BCUT2D eigenvalue weighted by atomic mass is 79.9. The fraction of sp³-hybridized carbons (Fsp3) is 0.353. The van der Waals surface area contributed by atoms with Gasteiger partial charge in [-0.1, -0.05) is 11.6 Å². The van der Waals surface area contributed by atoms with Crippen LogP contribution in [0.15, 0.2) is 33.8 Å². The minimum absolute atomic E-state index is 0.122. The van der Waals surface area contributed by atoms with Crippen LogP contribution in [0.3, 0.4) is 0 Å². The molecular formula is C17H18BrClN2O5S. The van der Waals surface area contributed by atoms with E-state index in [0.29, 0.717) is 10.7 Å². The molecule has 0 spiro atoms. The first-order chi connectivity index (χ1) is 12.8. The van der Waals surface area contributed by atoms with Gasteiger partial charge >= 0.3 is 5.97 Å². The zero-order valence-electron chi connectivity index (χ0n) is 14.9. The number of aliphatic hydroxyl groups excluding tert-OH is 1. The third-order valence-corrected chi connectivity index (χ3v) is 6.10. The molecule has 0 radical (unpaired) electrons. The van der Waals surface area contributed by atoms with Gasteiger partial charge in [0.15, 0.2) is 0 Å². The first-order valence-corrected chi connectivity index (χ1v) is 9.67. The van der Waals surface area contributed by atoms with Crippen molar-refractivity contribution in [3.63, 3.8) is 0 Å². The molecule has 2 aromatic rings. The highest BCUT2D eigenvalue weighted by Gasteiger charge is 2.38. The van der Waals surface area contributed by atoms with Crippen molar-refractivity contribution in [3.8, 4) is 11.8 Å². The molecule has 0 aliphatic rings. The molecule has 146 valence electrons. The van der Waals surface area contributed by atoms with Crippen molar-refractivity contribution in [2.45, 2.75) is 16.6 Å². The zero-order chi connectivity index (χ0) is 20.0. The van der Waals surface area contributed by atoms with E-state index in [1.54, 1.807) is 18.2 Å². The maximum atomic E-state index is 11.4. The summed E-state index contributed by atoms with van der Waals surface area (Å²) in [7, 11) is 2.88. The third kappa shape index (κ3) is 5.25. The van der Waals surface area contributed by atoms with Gasteiger partial charge in [0.25, 0.3) is 11.8 Å². The van der Waals surface area contributed by atoms with Crippen LogP contribution >= 0.6 is 39.3 Å². The second-order valence-corrected chi connectivity index (χ2v) is 8.10. The maximum absolute atomic E-state index is 11.4. The molecule has 27 heavy (non-hydrogen) atoms. The van der Waals surface area contributed by atoms with Gasteiger partial charge in [0.2, 0.25) is 0 Å². The van der Waals surface area contributed by atoms with Gasteiger partial charge < -0.3 is 19.3 Å². The van der Waals surface area contributed by atoms with Gasteiger partial charge in [0.1, 0.15) is 11.4 Å². The van der Waals surface area contributed by atoms with Crippen LogP contribution < -0.4 is 9.47 Å². The van der Waals surface area contributed by atoms with Gasteiger partial charge in [-0.25, -0.2) is 9.97 Å². The summed E-state index contributed by atoms with van der Waals surface area (Å²) < 4.78 is 15.2. The van der Waals surface area contributed by atoms with E-state index in [9.17, 15) is 9.90 Å². The van der Waals surface area contributed by atoms with Crippen LogP contribution in [0, 0.1) is 0 Å². The van der Waals surface area contributed by atoms with E-state index >= 15 is 0 Å². The number of rotatable bonds is 8. The summed E-state index contributed by atoms with van der Waals surface area (Å²) in [5, 5.41) is 10.8. The number of esters is 1. The second-order valence-electron chi connectivity index (χ2n) is 5.38. The number of hydrogen-bond acceptors (Lipinski definition) is 8. The Kier molecular flexibility index (Phi) is 7.72. The molecule has 0 saturated carbocycles. The lowest BCUT2D eigenvalue weighted by molar-refractivity contribution is -0.142. The normalized spacial score (nSPS) is 13.0. The highest BCUT2D eigenvalue weighted by Crippen LogP contribution is 2.44. The number of aliphatic hydroxyl groups is 1. The lowest BCUT2D eigenvalue weighted by atomic mass is 10.1. The van der Waals surface area contributed by atoms with E-state index in [1.165, 1.54) is 39.1 Å². The fourth-order valence-electron chi connectivity index (χ4n) is 2.15. The Morgan fingerprint density at radius 2 is 2.04 bits per heavy atom. The lowest BCUT2D eigenvalue weighted by Gasteiger charge is -2.30. The topological polar surface area (TPSA) is 90.8 Å². The van der Waals surface area contributed by atoms with Gasteiger partial charge in [-0.05, 0) is 34.1 Å². The smallest absolute Gasteiger partial charge is 0.302 e. The first kappa shape index (κ1) is 21.7. The van der Waals surface area contributed by atoms with Crippen LogP contribution in [-0.4, -0.2) is 48.5 Å². The van der Waals surface area contributed by atoms with Gasteiger partial charge in [-0.2, -0.15) is 0 Å². The van der Waals surface area contributed by atoms with E-state index in [2.05, 4.69) is 25.9 Å². The van der Waals surface area contributed by atoms with E-state index < -0.39 is 10.7 Å². The standard InChI is InChI=1S/C17H18BrClN2O5S/c1-10(23)26-9-17(8-22,27-13-5-4-11(19)6-12(13)18)14-7-20-15(24-2)16(21-14)25-3/h4-7,22H,8-9H2,1-3H3. The maximum Gasteiger partial charge on any atom is 0.302 e. The molecule has 1 aromatic heterocycles. The van der Waals surface area contributed by atoms with Crippen LogP contribution in [0.4, 0.5) is 0 Å². The molecule has 1 N–H and O–H groups in total. The molecule has 1 unspecified atom stereocenters. The van der Waals surface area contributed by atoms with Crippen molar-refractivity contribution in [1.82, 2.24) is 9.97 Å². The van der Waals surface area contributed by atoms with Gasteiger partial charge in [0.05, 0.1) is 32.7 Å². The number of nitrogens with zero attached hydrogens (tertiary/aromatic N) is 2. The first-order valence-electron chi connectivity index (χ1n) is 7.69. The highest BCUT2D eigenvalue weighted by molar-refractivity contribution is 9.10. The number of thioether (sulfide) groups is 1. The zero-order valence-corrected chi connectivity index (χ0v) is 18.0. The Labute approximate surface area is 174 Å². The predicted molar refractivity (Wildman–Crippen MR) is 106 cm³/mol. The summed E-state index contributed by atoms with van der Waals surface area (Å²) >= 11 is 10.7. The number of carbonyl (C=O) groups is 1. The number of aromatic nitrogens is 2. The minimum Gasteiger partial charge on any atom is -0.477 e. The Morgan fingerprint density at radius 1 is 1.33 bits per heavy atom. The summed E-state index contributed by atoms with van der Waals surface area (Å²) in [5.41, 5.74) is 0.371. The molecule has 0 aliphatic heterocycles. The predicted octanol–water partition coefficient (Wildman–Crippen LogP) is 3.45. The van der Waals surface area contributed by atoms with Crippen LogP contribution in [0.5, 0.6) is 11.8 Å². The molecule has 1 heterocycles. The Hall–Kier alpha value is -1.55. The molecule has 1 aromatic carbocycles. The van der Waals surface area contributed by atoms with E-state index in [4.69, 9.17) is 25.8 Å².